The third kappa shape index (κ3) is 1.63. The number of carboxylic acid groups (broad SMARTS) is 1. The highest BCUT2D eigenvalue weighted by Crippen LogP contribution is 2.35. The number of morpholine rings is 1. The molecular formula is C13H14N2O4. The van der Waals surface area contributed by atoms with Crippen molar-refractivity contribution in [1.82, 2.24) is 4.98 Å². The molecule has 0 radical (unpaired) electrons. The van der Waals surface area contributed by atoms with Gasteiger partial charge in [-0.1, -0.05) is 0 Å². The lowest BCUT2D eigenvalue weighted by molar-refractivity contribution is 0.0695. The molecule has 2 fully saturated rings. The quantitative estimate of drug-likeness (QED) is 0.849. The van der Waals surface area contributed by atoms with Crippen LogP contribution in [0.2, 0.25) is 0 Å². The van der Waals surface area contributed by atoms with Crippen molar-refractivity contribution < 1.29 is 19.4 Å². The zero-order valence-electron chi connectivity index (χ0n) is 10.3. The molecule has 2 atom stereocenters. The number of fused-ring (bicyclic) bond motifs is 3. The van der Waals surface area contributed by atoms with Gasteiger partial charge in [0.2, 0.25) is 0 Å². The van der Waals surface area contributed by atoms with Crippen LogP contribution in [-0.2, 0) is 22.7 Å². The van der Waals surface area contributed by atoms with Crippen molar-refractivity contribution in [3.63, 3.8) is 0 Å². The fraction of sp³-hybridized carbons (Fsp3) is 0.538. The molecule has 4 heterocycles. The molecule has 4 rings (SSSR count). The number of pyridine rings is 1. The summed E-state index contributed by atoms with van der Waals surface area (Å²) in [5.74, 6) is -0.353. The fourth-order valence-electron chi connectivity index (χ4n) is 3.12. The first-order chi connectivity index (χ1) is 9.22. The summed E-state index contributed by atoms with van der Waals surface area (Å²) < 4.78 is 10.9. The summed E-state index contributed by atoms with van der Waals surface area (Å²) in [6.45, 7) is 2.33. The minimum Gasteiger partial charge on any atom is -0.478 e. The molecular weight excluding hydrogens is 248 g/mol. The van der Waals surface area contributed by atoms with Gasteiger partial charge in [-0.3, -0.25) is 0 Å². The minimum atomic E-state index is -0.930. The standard InChI is InChI=1S/C13H14N2O4/c16-13(17)10-1-7-4-18-6-11(7)14-12(10)15-3-9-2-8(15)5-19-9/h1,8-9H,2-6H2,(H,16,17)/t8-,9-/m0/s1. The maximum atomic E-state index is 11.4. The molecule has 0 saturated carbocycles. The number of aromatic carboxylic acids is 1. The van der Waals surface area contributed by atoms with Crippen molar-refractivity contribution >= 4 is 11.8 Å². The van der Waals surface area contributed by atoms with Crippen LogP contribution in [0.4, 0.5) is 5.82 Å². The molecule has 2 bridgehead atoms. The summed E-state index contributed by atoms with van der Waals surface area (Å²) in [5.41, 5.74) is 2.03. The van der Waals surface area contributed by atoms with Gasteiger partial charge in [0.1, 0.15) is 11.4 Å². The van der Waals surface area contributed by atoms with E-state index in [1.165, 1.54) is 0 Å². The van der Waals surface area contributed by atoms with E-state index in [-0.39, 0.29) is 17.7 Å². The molecule has 6 heteroatoms. The van der Waals surface area contributed by atoms with Crippen LogP contribution in [0.3, 0.4) is 0 Å². The third-order valence-electron chi connectivity index (χ3n) is 4.07. The van der Waals surface area contributed by atoms with Crippen molar-refractivity contribution in [3.05, 3.63) is 22.9 Å². The van der Waals surface area contributed by atoms with E-state index in [4.69, 9.17) is 9.47 Å². The van der Waals surface area contributed by atoms with Gasteiger partial charge in [-0.15, -0.1) is 0 Å². The Labute approximate surface area is 109 Å². The van der Waals surface area contributed by atoms with Gasteiger partial charge >= 0.3 is 5.97 Å². The summed E-state index contributed by atoms with van der Waals surface area (Å²) >= 11 is 0. The van der Waals surface area contributed by atoms with E-state index in [0.29, 0.717) is 25.6 Å². The van der Waals surface area contributed by atoms with Crippen LogP contribution in [-0.4, -0.2) is 41.4 Å². The van der Waals surface area contributed by atoms with Crippen molar-refractivity contribution in [1.29, 1.82) is 0 Å². The van der Waals surface area contributed by atoms with E-state index >= 15 is 0 Å². The second-order valence-electron chi connectivity index (χ2n) is 5.26. The summed E-state index contributed by atoms with van der Waals surface area (Å²) in [6, 6.07) is 1.97. The topological polar surface area (TPSA) is 71.9 Å². The fourth-order valence-corrected chi connectivity index (χ4v) is 3.12. The molecule has 3 aliphatic rings. The molecule has 1 aromatic rings. The van der Waals surface area contributed by atoms with E-state index in [1.807, 2.05) is 0 Å². The van der Waals surface area contributed by atoms with Crippen LogP contribution in [0.15, 0.2) is 6.07 Å². The van der Waals surface area contributed by atoms with E-state index in [2.05, 4.69) is 9.88 Å². The van der Waals surface area contributed by atoms with Crippen LogP contribution in [0, 0.1) is 0 Å². The number of hydrogen-bond acceptors (Lipinski definition) is 5. The maximum Gasteiger partial charge on any atom is 0.339 e. The number of nitrogens with zero attached hydrogens (tertiary/aromatic N) is 2. The Balaban J connectivity index is 1.80. The van der Waals surface area contributed by atoms with Gasteiger partial charge in [0, 0.05) is 12.1 Å². The summed E-state index contributed by atoms with van der Waals surface area (Å²) in [5, 5.41) is 9.39. The first-order valence-electron chi connectivity index (χ1n) is 6.44. The molecule has 0 aromatic carbocycles. The molecule has 0 aliphatic carbocycles. The first-order valence-corrected chi connectivity index (χ1v) is 6.44. The van der Waals surface area contributed by atoms with Gasteiger partial charge in [-0.25, -0.2) is 9.78 Å². The van der Waals surface area contributed by atoms with Crippen molar-refractivity contribution in [3.8, 4) is 0 Å². The predicted octanol–water partition coefficient (Wildman–Crippen LogP) is 0.788. The number of carboxylic acids is 1. The van der Waals surface area contributed by atoms with Gasteiger partial charge in [0.15, 0.2) is 0 Å². The maximum absolute atomic E-state index is 11.4. The van der Waals surface area contributed by atoms with Crippen LogP contribution < -0.4 is 4.90 Å². The molecule has 6 nitrogen and oxygen atoms in total. The monoisotopic (exact) mass is 262 g/mol. The van der Waals surface area contributed by atoms with Crippen molar-refractivity contribution in [2.24, 2.45) is 0 Å². The summed E-state index contributed by atoms with van der Waals surface area (Å²) in [6.07, 6.45) is 1.19. The lowest BCUT2D eigenvalue weighted by Gasteiger charge is -2.29. The number of rotatable bonds is 2. The number of aromatic nitrogens is 1. The van der Waals surface area contributed by atoms with Crippen LogP contribution in [0.5, 0.6) is 0 Å². The Morgan fingerprint density at radius 3 is 3.05 bits per heavy atom. The highest BCUT2D eigenvalue weighted by molar-refractivity contribution is 5.94. The van der Waals surface area contributed by atoms with Crippen LogP contribution in [0.25, 0.3) is 0 Å². The predicted molar refractivity (Wildman–Crippen MR) is 65.2 cm³/mol. The summed E-state index contributed by atoms with van der Waals surface area (Å²) in [7, 11) is 0. The van der Waals surface area contributed by atoms with E-state index in [1.54, 1.807) is 6.07 Å². The number of ether oxygens (including phenoxy) is 2. The smallest absolute Gasteiger partial charge is 0.339 e. The highest BCUT2D eigenvalue weighted by atomic mass is 16.5. The molecule has 1 aromatic heterocycles. The second-order valence-corrected chi connectivity index (χ2v) is 5.26. The molecule has 1 N–H and O–H groups in total. The molecule has 2 saturated heterocycles. The molecule has 100 valence electrons. The molecule has 0 amide bonds. The third-order valence-corrected chi connectivity index (χ3v) is 4.07. The van der Waals surface area contributed by atoms with Crippen molar-refractivity contribution in [2.75, 3.05) is 18.1 Å². The van der Waals surface area contributed by atoms with E-state index in [9.17, 15) is 9.90 Å². The first kappa shape index (κ1) is 11.2. The Morgan fingerprint density at radius 1 is 1.47 bits per heavy atom. The number of carbonyl (C=O) groups is 1. The SMILES string of the molecule is O=C(O)c1cc2c(nc1N1C[C@@H]3C[C@H]1CO3)COC2. The Morgan fingerprint density at radius 2 is 2.37 bits per heavy atom. The van der Waals surface area contributed by atoms with E-state index in [0.717, 1.165) is 24.2 Å². The average molecular weight is 262 g/mol. The molecule has 0 spiro atoms. The summed E-state index contributed by atoms with van der Waals surface area (Å²) in [4.78, 5) is 18.1. The highest BCUT2D eigenvalue weighted by Gasteiger charge is 2.41. The lowest BCUT2D eigenvalue weighted by Crippen LogP contribution is -2.38. The van der Waals surface area contributed by atoms with Gasteiger partial charge in [-0.2, -0.15) is 0 Å². The zero-order valence-corrected chi connectivity index (χ0v) is 10.3. The average Bonchev–Trinajstić information content (AvgIpc) is 3.12. The zero-order chi connectivity index (χ0) is 13.0. The second kappa shape index (κ2) is 3.91. The normalized spacial score (nSPS) is 27.9. The van der Waals surface area contributed by atoms with Gasteiger partial charge < -0.3 is 19.5 Å². The lowest BCUT2D eigenvalue weighted by atomic mass is 10.1. The molecule has 0 unspecified atom stereocenters. The number of anilines is 1. The Bertz CT molecular complexity index is 560. The van der Waals surface area contributed by atoms with E-state index < -0.39 is 5.97 Å². The molecule has 3 aliphatic heterocycles. The minimum absolute atomic E-state index is 0.220. The van der Waals surface area contributed by atoms with Crippen molar-refractivity contribution in [2.45, 2.75) is 31.8 Å². The Kier molecular flexibility index (Phi) is 2.31. The van der Waals surface area contributed by atoms with Gasteiger partial charge in [0.25, 0.3) is 0 Å². The Hall–Kier alpha value is -1.66. The van der Waals surface area contributed by atoms with Crippen LogP contribution >= 0.6 is 0 Å². The van der Waals surface area contributed by atoms with Gasteiger partial charge in [0.05, 0.1) is 37.7 Å². The van der Waals surface area contributed by atoms with Gasteiger partial charge in [-0.05, 0) is 12.5 Å². The number of hydrogen-bond donors (Lipinski definition) is 1. The largest absolute Gasteiger partial charge is 0.478 e. The van der Waals surface area contributed by atoms with Crippen LogP contribution in [0.1, 0.15) is 28.0 Å². The molecule has 19 heavy (non-hydrogen) atoms.